The number of nitro benzene ring substituents is 1. The van der Waals surface area contributed by atoms with Gasteiger partial charge in [-0.15, -0.1) is 0 Å². The molecule has 0 bridgehead atoms. The largest absolute Gasteiger partial charge is 0.345 e. The summed E-state index contributed by atoms with van der Waals surface area (Å²) in [5.41, 5.74) is 1.37. The molecule has 1 aromatic rings. The maximum Gasteiger partial charge on any atom is 0.270 e. The SMILES string of the molecule is CC(=O)NCC#Cc1cc(C)cc([N+](=O)[O-])c1. The standard InChI is InChI=1S/C12H12N2O3/c1-9-6-11(4-3-5-13-10(2)15)8-12(7-9)14(16)17/h6-8H,5H2,1-2H3,(H,13,15). The Morgan fingerprint density at radius 3 is 2.76 bits per heavy atom. The lowest BCUT2D eigenvalue weighted by Crippen LogP contribution is -2.19. The first-order chi connectivity index (χ1) is 7.99. The molecular formula is C12H12N2O3. The molecule has 0 saturated carbocycles. The van der Waals surface area contributed by atoms with E-state index in [1.165, 1.54) is 19.1 Å². The number of nitrogens with one attached hydrogen (secondary N) is 1. The van der Waals surface area contributed by atoms with Crippen LogP contribution in [0.25, 0.3) is 0 Å². The number of nitrogens with zero attached hydrogens (tertiary/aromatic N) is 1. The first kappa shape index (κ1) is 12.7. The van der Waals surface area contributed by atoms with Gasteiger partial charge in [-0.3, -0.25) is 14.9 Å². The van der Waals surface area contributed by atoms with Gasteiger partial charge in [-0.05, 0) is 18.6 Å². The van der Waals surface area contributed by atoms with Crippen molar-refractivity contribution < 1.29 is 9.72 Å². The van der Waals surface area contributed by atoms with Gasteiger partial charge >= 0.3 is 0 Å². The first-order valence-electron chi connectivity index (χ1n) is 4.98. The van der Waals surface area contributed by atoms with Crippen LogP contribution in [0.3, 0.4) is 0 Å². The van der Waals surface area contributed by atoms with Crippen molar-refractivity contribution in [2.45, 2.75) is 13.8 Å². The lowest BCUT2D eigenvalue weighted by molar-refractivity contribution is -0.384. The molecule has 17 heavy (non-hydrogen) atoms. The third-order valence-corrected chi connectivity index (χ3v) is 1.93. The topological polar surface area (TPSA) is 72.2 Å². The van der Waals surface area contributed by atoms with Crippen molar-refractivity contribution in [1.29, 1.82) is 0 Å². The average Bonchev–Trinajstić information content (AvgIpc) is 2.23. The fourth-order valence-corrected chi connectivity index (χ4v) is 1.26. The van der Waals surface area contributed by atoms with Crippen LogP contribution in [0.4, 0.5) is 5.69 Å². The second kappa shape index (κ2) is 5.66. The highest BCUT2D eigenvalue weighted by Crippen LogP contribution is 2.15. The summed E-state index contributed by atoms with van der Waals surface area (Å²) in [6.07, 6.45) is 0. The smallest absolute Gasteiger partial charge is 0.270 e. The van der Waals surface area contributed by atoms with Crippen molar-refractivity contribution in [3.8, 4) is 11.8 Å². The van der Waals surface area contributed by atoms with Gasteiger partial charge in [-0.25, -0.2) is 0 Å². The summed E-state index contributed by atoms with van der Waals surface area (Å²) in [6.45, 7) is 3.41. The fourth-order valence-electron chi connectivity index (χ4n) is 1.26. The Balaban J connectivity index is 2.84. The summed E-state index contributed by atoms with van der Waals surface area (Å²) in [5, 5.41) is 13.1. The summed E-state index contributed by atoms with van der Waals surface area (Å²) in [7, 11) is 0. The molecule has 0 aromatic heterocycles. The van der Waals surface area contributed by atoms with Crippen molar-refractivity contribution in [2.75, 3.05) is 6.54 Å². The molecule has 1 aromatic carbocycles. The van der Waals surface area contributed by atoms with E-state index in [1.54, 1.807) is 13.0 Å². The highest BCUT2D eigenvalue weighted by molar-refractivity contribution is 5.73. The van der Waals surface area contributed by atoms with Crippen LogP contribution >= 0.6 is 0 Å². The predicted octanol–water partition coefficient (Wildman–Crippen LogP) is 1.39. The second-order valence-electron chi connectivity index (χ2n) is 3.53. The molecule has 0 atom stereocenters. The Morgan fingerprint density at radius 2 is 2.18 bits per heavy atom. The molecule has 88 valence electrons. The molecule has 0 heterocycles. The normalized spacial score (nSPS) is 9.06. The van der Waals surface area contributed by atoms with Gasteiger partial charge in [-0.2, -0.15) is 0 Å². The van der Waals surface area contributed by atoms with Crippen LogP contribution in [-0.4, -0.2) is 17.4 Å². The van der Waals surface area contributed by atoms with Gasteiger partial charge < -0.3 is 5.32 Å². The third kappa shape index (κ3) is 4.34. The highest BCUT2D eigenvalue weighted by Gasteiger charge is 2.06. The highest BCUT2D eigenvalue weighted by atomic mass is 16.6. The number of nitro groups is 1. The van der Waals surface area contributed by atoms with E-state index in [4.69, 9.17) is 0 Å². The average molecular weight is 232 g/mol. The Labute approximate surface area is 99.0 Å². The van der Waals surface area contributed by atoms with Gasteiger partial charge in [0.2, 0.25) is 5.91 Å². The molecule has 0 aliphatic heterocycles. The number of non-ortho nitro benzene ring substituents is 1. The number of rotatable bonds is 2. The molecular weight excluding hydrogens is 220 g/mol. The van der Waals surface area contributed by atoms with Gasteiger partial charge in [-0.1, -0.05) is 11.8 Å². The Bertz CT molecular complexity index is 512. The van der Waals surface area contributed by atoms with E-state index in [2.05, 4.69) is 17.2 Å². The van der Waals surface area contributed by atoms with E-state index >= 15 is 0 Å². The molecule has 0 unspecified atom stereocenters. The summed E-state index contributed by atoms with van der Waals surface area (Å²) < 4.78 is 0. The molecule has 1 amide bonds. The molecule has 0 aliphatic carbocycles. The van der Waals surface area contributed by atoms with Gasteiger partial charge in [0.1, 0.15) is 0 Å². The minimum atomic E-state index is -0.452. The monoisotopic (exact) mass is 232 g/mol. The van der Waals surface area contributed by atoms with Gasteiger partial charge in [0.05, 0.1) is 11.5 Å². The maximum atomic E-state index is 10.6. The summed E-state index contributed by atoms with van der Waals surface area (Å²) in [4.78, 5) is 20.8. The predicted molar refractivity (Wildman–Crippen MR) is 63.4 cm³/mol. The van der Waals surface area contributed by atoms with Gasteiger partial charge in [0.25, 0.3) is 5.69 Å². The number of hydrogen-bond donors (Lipinski definition) is 1. The van der Waals surface area contributed by atoms with E-state index in [-0.39, 0.29) is 18.1 Å². The van der Waals surface area contributed by atoms with Crippen molar-refractivity contribution >= 4 is 11.6 Å². The van der Waals surface area contributed by atoms with Crippen LogP contribution in [-0.2, 0) is 4.79 Å². The molecule has 5 nitrogen and oxygen atoms in total. The van der Waals surface area contributed by atoms with E-state index in [9.17, 15) is 14.9 Å². The second-order valence-corrected chi connectivity index (χ2v) is 3.53. The van der Waals surface area contributed by atoms with Crippen LogP contribution in [0.1, 0.15) is 18.1 Å². The molecule has 1 N–H and O–H groups in total. The Hall–Kier alpha value is -2.35. The quantitative estimate of drug-likeness (QED) is 0.475. The molecule has 1 rings (SSSR count). The van der Waals surface area contributed by atoms with Crippen LogP contribution in [0.5, 0.6) is 0 Å². The van der Waals surface area contributed by atoms with Crippen LogP contribution in [0.15, 0.2) is 18.2 Å². The molecule has 5 heteroatoms. The van der Waals surface area contributed by atoms with Crippen molar-refractivity contribution in [1.82, 2.24) is 5.32 Å². The number of hydrogen-bond acceptors (Lipinski definition) is 3. The van der Waals surface area contributed by atoms with Gasteiger partial charge in [0, 0.05) is 24.6 Å². The molecule has 0 saturated heterocycles. The number of benzene rings is 1. The van der Waals surface area contributed by atoms with E-state index in [0.717, 1.165) is 5.56 Å². The zero-order chi connectivity index (χ0) is 12.8. The lowest BCUT2D eigenvalue weighted by Gasteiger charge is -1.96. The minimum absolute atomic E-state index is 0.0221. The van der Waals surface area contributed by atoms with Crippen molar-refractivity contribution in [3.05, 3.63) is 39.4 Å². The number of amides is 1. The van der Waals surface area contributed by atoms with Crippen molar-refractivity contribution in [3.63, 3.8) is 0 Å². The number of carbonyl (C=O) groups is 1. The van der Waals surface area contributed by atoms with Crippen LogP contribution in [0.2, 0.25) is 0 Å². The minimum Gasteiger partial charge on any atom is -0.345 e. The van der Waals surface area contributed by atoms with Crippen LogP contribution in [0, 0.1) is 28.9 Å². The van der Waals surface area contributed by atoms with Crippen LogP contribution < -0.4 is 5.32 Å². The van der Waals surface area contributed by atoms with Gasteiger partial charge in [0.15, 0.2) is 0 Å². The van der Waals surface area contributed by atoms with Crippen molar-refractivity contribution in [2.24, 2.45) is 0 Å². The van der Waals surface area contributed by atoms with E-state index in [0.29, 0.717) is 5.56 Å². The maximum absolute atomic E-state index is 10.6. The molecule has 0 radical (unpaired) electrons. The summed E-state index contributed by atoms with van der Waals surface area (Å²) in [5.74, 6) is 5.33. The zero-order valence-corrected chi connectivity index (χ0v) is 9.61. The Morgan fingerprint density at radius 1 is 1.47 bits per heavy atom. The van der Waals surface area contributed by atoms with E-state index < -0.39 is 4.92 Å². The fraction of sp³-hybridized carbons (Fsp3) is 0.250. The first-order valence-corrected chi connectivity index (χ1v) is 4.98. The number of aryl methyl sites for hydroxylation is 1. The molecule has 0 aliphatic rings. The Kier molecular flexibility index (Phi) is 4.23. The third-order valence-electron chi connectivity index (χ3n) is 1.93. The number of carbonyl (C=O) groups excluding carboxylic acids is 1. The molecule has 0 fully saturated rings. The zero-order valence-electron chi connectivity index (χ0n) is 9.61. The van der Waals surface area contributed by atoms with E-state index in [1.807, 2.05) is 0 Å². The summed E-state index contributed by atoms with van der Waals surface area (Å²) in [6, 6.07) is 4.65. The summed E-state index contributed by atoms with van der Waals surface area (Å²) >= 11 is 0. The molecule has 0 spiro atoms. The lowest BCUT2D eigenvalue weighted by atomic mass is 10.1.